The largest absolute Gasteiger partial charge is 0.294 e. The summed E-state index contributed by atoms with van der Waals surface area (Å²) < 4.78 is 27.5. The van der Waals surface area contributed by atoms with E-state index in [9.17, 15) is 13.2 Å². The second kappa shape index (κ2) is 6.44. The minimum absolute atomic E-state index is 0.0688. The topological polar surface area (TPSA) is 57.7 Å². The molecule has 26 heavy (non-hydrogen) atoms. The lowest BCUT2D eigenvalue weighted by Crippen LogP contribution is -2.47. The Balaban J connectivity index is 1.68. The molecule has 1 fully saturated rings. The van der Waals surface area contributed by atoms with E-state index in [1.54, 1.807) is 0 Å². The maximum atomic E-state index is 13.3. The molecule has 6 heteroatoms. The maximum absolute atomic E-state index is 13.3. The molecule has 1 aliphatic carbocycles. The molecule has 5 nitrogen and oxygen atoms in total. The normalized spacial score (nSPS) is 20.8. The van der Waals surface area contributed by atoms with Gasteiger partial charge in [-0.25, -0.2) is 0 Å². The van der Waals surface area contributed by atoms with Gasteiger partial charge >= 0.3 is 0 Å². The summed E-state index contributed by atoms with van der Waals surface area (Å²) in [5, 5.41) is 2.25. The predicted molar refractivity (Wildman–Crippen MR) is 103 cm³/mol. The van der Waals surface area contributed by atoms with E-state index in [1.807, 2.05) is 18.2 Å². The highest BCUT2D eigenvalue weighted by Gasteiger charge is 2.34. The highest BCUT2D eigenvalue weighted by molar-refractivity contribution is 7.86. The summed E-state index contributed by atoms with van der Waals surface area (Å²) in [4.78, 5) is 13.3. The van der Waals surface area contributed by atoms with Crippen molar-refractivity contribution >= 4 is 26.8 Å². The van der Waals surface area contributed by atoms with Gasteiger partial charge in [0.1, 0.15) is 0 Å². The van der Waals surface area contributed by atoms with Crippen LogP contribution >= 0.6 is 0 Å². The molecule has 0 bridgehead atoms. The Kier molecular flexibility index (Phi) is 4.37. The van der Waals surface area contributed by atoms with E-state index in [0.29, 0.717) is 13.0 Å². The Labute approximate surface area is 154 Å². The number of benzene rings is 2. The standard InChI is InChI=1S/C20H24N2O3S/c1-21(2)26(24,25)22-12-4-6-16(13-22)20(23)18-11-10-15-9-8-14-5-3-7-17(18)19(14)15/h3,5,7,10-11,16H,4,6,8-9,12-13H2,1-2H3. The molecule has 0 N–H and O–H groups in total. The number of hydrogen-bond donors (Lipinski definition) is 0. The fourth-order valence-electron chi connectivity index (χ4n) is 4.28. The van der Waals surface area contributed by atoms with Crippen molar-refractivity contribution in [2.45, 2.75) is 25.7 Å². The van der Waals surface area contributed by atoms with Crippen LogP contribution in [-0.4, -0.2) is 50.0 Å². The molecule has 0 radical (unpaired) electrons. The quantitative estimate of drug-likeness (QED) is 0.776. The van der Waals surface area contributed by atoms with Crippen LogP contribution in [0.15, 0.2) is 30.3 Å². The van der Waals surface area contributed by atoms with E-state index in [4.69, 9.17) is 0 Å². The first-order chi connectivity index (χ1) is 12.4. The lowest BCUT2D eigenvalue weighted by Gasteiger charge is -2.33. The predicted octanol–water partition coefficient (Wildman–Crippen LogP) is 2.64. The first-order valence-corrected chi connectivity index (χ1v) is 10.5. The van der Waals surface area contributed by atoms with E-state index >= 15 is 0 Å². The highest BCUT2D eigenvalue weighted by atomic mass is 32.2. The summed E-state index contributed by atoms with van der Waals surface area (Å²) in [6.07, 6.45) is 3.51. The summed E-state index contributed by atoms with van der Waals surface area (Å²) in [6, 6.07) is 10.2. The van der Waals surface area contributed by atoms with Crippen molar-refractivity contribution in [3.8, 4) is 0 Å². The van der Waals surface area contributed by atoms with Crippen molar-refractivity contribution in [1.82, 2.24) is 8.61 Å². The molecule has 0 amide bonds. The van der Waals surface area contributed by atoms with Gasteiger partial charge in [0.25, 0.3) is 10.2 Å². The number of carbonyl (C=O) groups is 1. The Morgan fingerprint density at radius 2 is 1.85 bits per heavy atom. The molecule has 1 unspecified atom stereocenters. The van der Waals surface area contributed by atoms with E-state index in [2.05, 4.69) is 12.1 Å². The molecule has 138 valence electrons. The van der Waals surface area contributed by atoms with Gasteiger partial charge in [-0.3, -0.25) is 4.79 Å². The van der Waals surface area contributed by atoms with Gasteiger partial charge in [-0.2, -0.15) is 17.0 Å². The zero-order valence-corrected chi connectivity index (χ0v) is 16.1. The van der Waals surface area contributed by atoms with Crippen LogP contribution in [0.2, 0.25) is 0 Å². The molecule has 2 aromatic rings. The average molecular weight is 372 g/mol. The molecule has 0 aromatic heterocycles. The Morgan fingerprint density at radius 3 is 2.58 bits per heavy atom. The second-order valence-corrected chi connectivity index (χ2v) is 9.61. The van der Waals surface area contributed by atoms with Gasteiger partial charge < -0.3 is 0 Å². The van der Waals surface area contributed by atoms with Crippen molar-refractivity contribution in [2.75, 3.05) is 27.2 Å². The van der Waals surface area contributed by atoms with Crippen molar-refractivity contribution < 1.29 is 13.2 Å². The minimum Gasteiger partial charge on any atom is -0.294 e. The fraction of sp³-hybridized carbons (Fsp3) is 0.450. The van der Waals surface area contributed by atoms with Crippen LogP contribution in [0, 0.1) is 5.92 Å². The minimum atomic E-state index is -3.48. The Hall–Kier alpha value is -1.76. The van der Waals surface area contributed by atoms with Crippen molar-refractivity contribution in [3.05, 3.63) is 47.0 Å². The van der Waals surface area contributed by atoms with Crippen LogP contribution in [0.4, 0.5) is 0 Å². The molecule has 1 aliphatic heterocycles. The average Bonchev–Trinajstić information content (AvgIpc) is 3.06. The summed E-state index contributed by atoms with van der Waals surface area (Å²) in [6.45, 7) is 0.746. The van der Waals surface area contributed by atoms with E-state index in [0.717, 1.165) is 30.2 Å². The third-order valence-electron chi connectivity index (χ3n) is 5.68. The number of ketones is 1. The van der Waals surface area contributed by atoms with Gasteiger partial charge in [0.05, 0.1) is 0 Å². The molecule has 1 atom stereocenters. The van der Waals surface area contributed by atoms with Crippen LogP contribution in [0.1, 0.15) is 34.3 Å². The number of rotatable bonds is 4. The van der Waals surface area contributed by atoms with Crippen LogP contribution in [0.3, 0.4) is 0 Å². The molecule has 1 heterocycles. The third-order valence-corrected chi connectivity index (χ3v) is 7.59. The van der Waals surface area contributed by atoms with Gasteiger partial charge in [-0.15, -0.1) is 0 Å². The molecule has 0 spiro atoms. The summed E-state index contributed by atoms with van der Waals surface area (Å²) >= 11 is 0. The maximum Gasteiger partial charge on any atom is 0.281 e. The zero-order valence-electron chi connectivity index (χ0n) is 15.2. The fourth-order valence-corrected chi connectivity index (χ4v) is 5.47. The summed E-state index contributed by atoms with van der Waals surface area (Å²) in [7, 11) is -0.417. The SMILES string of the molecule is CN(C)S(=O)(=O)N1CCCC(C(=O)c2ccc3c4c(cccc24)CC3)C1. The van der Waals surface area contributed by atoms with Gasteiger partial charge in [0.2, 0.25) is 0 Å². The van der Waals surface area contributed by atoms with Crippen molar-refractivity contribution in [1.29, 1.82) is 0 Å². The molecule has 2 aliphatic rings. The highest BCUT2D eigenvalue weighted by Crippen LogP contribution is 2.34. The van der Waals surface area contributed by atoms with Gasteiger partial charge in [-0.05, 0) is 47.6 Å². The van der Waals surface area contributed by atoms with Crippen LogP contribution in [0.25, 0.3) is 10.8 Å². The number of Topliss-reactive ketones (excluding diaryl/α,β-unsaturated/α-hetero) is 1. The summed E-state index contributed by atoms with van der Waals surface area (Å²) in [5.41, 5.74) is 3.36. The number of hydrogen-bond acceptors (Lipinski definition) is 3. The lowest BCUT2D eigenvalue weighted by molar-refractivity contribution is 0.0872. The second-order valence-electron chi connectivity index (χ2n) is 7.46. The monoisotopic (exact) mass is 372 g/mol. The molecular weight excluding hydrogens is 348 g/mol. The number of nitrogens with zero attached hydrogens (tertiary/aromatic N) is 2. The van der Waals surface area contributed by atoms with Crippen molar-refractivity contribution in [2.24, 2.45) is 5.92 Å². The smallest absolute Gasteiger partial charge is 0.281 e. The van der Waals surface area contributed by atoms with Crippen LogP contribution in [-0.2, 0) is 23.1 Å². The van der Waals surface area contributed by atoms with E-state index < -0.39 is 10.2 Å². The molecular formula is C20H24N2O3S. The third kappa shape index (κ3) is 2.76. The number of piperidine rings is 1. The molecule has 4 rings (SSSR count). The number of carbonyl (C=O) groups excluding carboxylic acids is 1. The van der Waals surface area contributed by atoms with Crippen LogP contribution < -0.4 is 0 Å². The number of aryl methyl sites for hydroxylation is 2. The lowest BCUT2D eigenvalue weighted by atomic mass is 9.88. The first-order valence-electron chi connectivity index (χ1n) is 9.15. The Bertz CT molecular complexity index is 972. The summed E-state index contributed by atoms with van der Waals surface area (Å²) in [5.74, 6) is -0.212. The van der Waals surface area contributed by atoms with Gasteiger partial charge in [-0.1, -0.05) is 30.3 Å². The van der Waals surface area contributed by atoms with Gasteiger partial charge in [0, 0.05) is 38.7 Å². The zero-order chi connectivity index (χ0) is 18.5. The van der Waals surface area contributed by atoms with E-state index in [1.165, 1.54) is 39.2 Å². The molecule has 0 saturated carbocycles. The van der Waals surface area contributed by atoms with Crippen molar-refractivity contribution in [3.63, 3.8) is 0 Å². The first kappa shape index (κ1) is 17.6. The van der Waals surface area contributed by atoms with E-state index in [-0.39, 0.29) is 18.2 Å². The molecule has 2 aromatic carbocycles. The Morgan fingerprint density at radius 1 is 1.12 bits per heavy atom. The molecule has 1 saturated heterocycles. The van der Waals surface area contributed by atoms with Crippen LogP contribution in [0.5, 0.6) is 0 Å². The van der Waals surface area contributed by atoms with Gasteiger partial charge in [0.15, 0.2) is 5.78 Å².